The summed E-state index contributed by atoms with van der Waals surface area (Å²) in [4.78, 5) is 11.3. The van der Waals surface area contributed by atoms with Gasteiger partial charge in [0.1, 0.15) is 6.61 Å². The van der Waals surface area contributed by atoms with Crippen LogP contribution < -0.4 is 10.6 Å². The Balaban J connectivity index is 1.99. The number of hydrogen-bond donors (Lipinski definition) is 2. The van der Waals surface area contributed by atoms with E-state index in [-0.39, 0.29) is 18.6 Å². The third kappa shape index (κ3) is 6.08. The first kappa shape index (κ1) is 13.5. The first-order valence-electron chi connectivity index (χ1n) is 6.27. The van der Waals surface area contributed by atoms with Crippen LogP contribution in [0.4, 0.5) is 0 Å². The maximum Gasteiger partial charge on any atom is 0.246 e. The monoisotopic (exact) mass is 228 g/mol. The summed E-state index contributed by atoms with van der Waals surface area (Å²) in [5, 5.41) is 6.24. The zero-order valence-corrected chi connectivity index (χ0v) is 10.4. The Labute approximate surface area is 98.1 Å². The van der Waals surface area contributed by atoms with Crippen LogP contribution in [-0.2, 0) is 9.53 Å². The normalized spacial score (nSPS) is 17.7. The lowest BCUT2D eigenvalue weighted by Gasteiger charge is -2.22. The van der Waals surface area contributed by atoms with Crippen LogP contribution in [-0.4, -0.2) is 38.3 Å². The lowest BCUT2D eigenvalue weighted by Crippen LogP contribution is -2.33. The van der Waals surface area contributed by atoms with E-state index in [1.54, 1.807) is 0 Å². The summed E-state index contributed by atoms with van der Waals surface area (Å²) in [6, 6.07) is 0. The summed E-state index contributed by atoms with van der Waals surface area (Å²) in [5.41, 5.74) is 0. The predicted octanol–water partition coefficient (Wildman–Crippen LogP) is 0.917. The molecule has 2 N–H and O–H groups in total. The van der Waals surface area contributed by atoms with Gasteiger partial charge in [-0.1, -0.05) is 0 Å². The van der Waals surface area contributed by atoms with Crippen molar-refractivity contribution in [2.24, 2.45) is 5.92 Å². The minimum Gasteiger partial charge on any atom is -0.369 e. The maximum atomic E-state index is 11.3. The van der Waals surface area contributed by atoms with Gasteiger partial charge in [0.2, 0.25) is 5.91 Å². The molecule has 1 fully saturated rings. The van der Waals surface area contributed by atoms with Crippen LogP contribution in [0.25, 0.3) is 0 Å². The van der Waals surface area contributed by atoms with Crippen LogP contribution in [0, 0.1) is 5.92 Å². The molecule has 16 heavy (non-hydrogen) atoms. The second-order valence-electron chi connectivity index (χ2n) is 4.69. The molecule has 0 bridgehead atoms. The SMILES string of the molecule is CC(C)OCC(=O)NCCC1CCNCC1. The standard InChI is InChI=1S/C12H24N2O2/c1-10(2)16-9-12(15)14-8-5-11-3-6-13-7-4-11/h10-11,13H,3-9H2,1-2H3,(H,14,15). The Morgan fingerprint density at radius 3 is 2.75 bits per heavy atom. The molecule has 1 saturated heterocycles. The van der Waals surface area contributed by atoms with Crippen molar-refractivity contribution >= 4 is 5.91 Å². The molecule has 1 aliphatic heterocycles. The second-order valence-corrected chi connectivity index (χ2v) is 4.69. The van der Waals surface area contributed by atoms with Crippen molar-refractivity contribution in [2.75, 3.05) is 26.2 Å². The van der Waals surface area contributed by atoms with Gasteiger partial charge in [0.25, 0.3) is 0 Å². The van der Waals surface area contributed by atoms with Crippen molar-refractivity contribution in [1.82, 2.24) is 10.6 Å². The van der Waals surface area contributed by atoms with Crippen LogP contribution >= 0.6 is 0 Å². The molecule has 0 aliphatic carbocycles. The molecule has 0 atom stereocenters. The first-order chi connectivity index (χ1) is 7.68. The summed E-state index contributed by atoms with van der Waals surface area (Å²) >= 11 is 0. The van der Waals surface area contributed by atoms with Gasteiger partial charge in [0, 0.05) is 6.54 Å². The largest absolute Gasteiger partial charge is 0.369 e. The molecule has 1 aliphatic rings. The minimum atomic E-state index is 0.00244. The molecule has 0 aromatic heterocycles. The highest BCUT2D eigenvalue weighted by molar-refractivity contribution is 5.77. The Morgan fingerprint density at radius 2 is 2.12 bits per heavy atom. The topological polar surface area (TPSA) is 50.4 Å². The van der Waals surface area contributed by atoms with E-state index in [1.165, 1.54) is 12.8 Å². The average molecular weight is 228 g/mol. The molecule has 0 radical (unpaired) electrons. The average Bonchev–Trinajstić information content (AvgIpc) is 2.28. The van der Waals surface area contributed by atoms with Crippen molar-refractivity contribution in [3.05, 3.63) is 0 Å². The zero-order valence-electron chi connectivity index (χ0n) is 10.4. The lowest BCUT2D eigenvalue weighted by atomic mass is 9.95. The number of piperidine rings is 1. The van der Waals surface area contributed by atoms with Crippen molar-refractivity contribution in [3.8, 4) is 0 Å². The second kappa shape index (κ2) is 7.63. The minimum absolute atomic E-state index is 0.00244. The van der Waals surface area contributed by atoms with Crippen LogP contribution in [0.3, 0.4) is 0 Å². The number of nitrogens with one attached hydrogen (secondary N) is 2. The van der Waals surface area contributed by atoms with E-state index in [1.807, 2.05) is 13.8 Å². The number of carbonyl (C=O) groups excluding carboxylic acids is 1. The Hall–Kier alpha value is -0.610. The Bertz CT molecular complexity index is 201. The highest BCUT2D eigenvalue weighted by Gasteiger charge is 2.12. The third-order valence-electron chi connectivity index (χ3n) is 2.88. The van der Waals surface area contributed by atoms with Gasteiger partial charge < -0.3 is 15.4 Å². The fraction of sp³-hybridized carbons (Fsp3) is 0.917. The van der Waals surface area contributed by atoms with E-state index in [9.17, 15) is 4.79 Å². The van der Waals surface area contributed by atoms with Crippen molar-refractivity contribution in [3.63, 3.8) is 0 Å². The van der Waals surface area contributed by atoms with Crippen molar-refractivity contribution in [1.29, 1.82) is 0 Å². The van der Waals surface area contributed by atoms with Gasteiger partial charge in [-0.25, -0.2) is 0 Å². The summed E-state index contributed by atoms with van der Waals surface area (Å²) in [5.74, 6) is 0.773. The molecule has 1 rings (SSSR count). The van der Waals surface area contributed by atoms with Crippen LogP contribution in [0.15, 0.2) is 0 Å². The van der Waals surface area contributed by atoms with E-state index in [0.717, 1.165) is 32.0 Å². The van der Waals surface area contributed by atoms with Crippen LogP contribution in [0.5, 0.6) is 0 Å². The van der Waals surface area contributed by atoms with E-state index in [4.69, 9.17) is 4.74 Å². The Morgan fingerprint density at radius 1 is 1.44 bits per heavy atom. The molecular weight excluding hydrogens is 204 g/mol. The number of hydrogen-bond acceptors (Lipinski definition) is 3. The molecule has 94 valence electrons. The van der Waals surface area contributed by atoms with Gasteiger partial charge in [-0.15, -0.1) is 0 Å². The van der Waals surface area contributed by atoms with E-state index in [2.05, 4.69) is 10.6 Å². The summed E-state index contributed by atoms with van der Waals surface area (Å²) < 4.78 is 5.22. The fourth-order valence-corrected chi connectivity index (χ4v) is 1.88. The first-order valence-corrected chi connectivity index (χ1v) is 6.27. The lowest BCUT2D eigenvalue weighted by molar-refractivity contribution is -0.127. The van der Waals surface area contributed by atoms with E-state index >= 15 is 0 Å². The molecule has 0 saturated carbocycles. The summed E-state index contributed by atoms with van der Waals surface area (Å²) in [6.07, 6.45) is 3.68. The summed E-state index contributed by atoms with van der Waals surface area (Å²) in [7, 11) is 0. The molecular formula is C12H24N2O2. The third-order valence-corrected chi connectivity index (χ3v) is 2.88. The molecule has 0 aromatic rings. The van der Waals surface area contributed by atoms with Gasteiger partial charge in [-0.2, -0.15) is 0 Å². The van der Waals surface area contributed by atoms with Crippen molar-refractivity contribution in [2.45, 2.75) is 39.2 Å². The molecule has 0 unspecified atom stereocenters. The molecule has 4 nitrogen and oxygen atoms in total. The number of amides is 1. The highest BCUT2D eigenvalue weighted by Crippen LogP contribution is 2.14. The number of ether oxygens (including phenoxy) is 1. The number of carbonyl (C=O) groups is 1. The number of rotatable bonds is 6. The van der Waals surface area contributed by atoms with E-state index in [0.29, 0.717) is 0 Å². The van der Waals surface area contributed by atoms with Crippen molar-refractivity contribution < 1.29 is 9.53 Å². The molecule has 4 heteroatoms. The van der Waals surface area contributed by atoms with Gasteiger partial charge in [0.15, 0.2) is 0 Å². The van der Waals surface area contributed by atoms with Gasteiger partial charge in [-0.05, 0) is 52.1 Å². The smallest absolute Gasteiger partial charge is 0.246 e. The van der Waals surface area contributed by atoms with E-state index < -0.39 is 0 Å². The van der Waals surface area contributed by atoms with Crippen LogP contribution in [0.2, 0.25) is 0 Å². The predicted molar refractivity (Wildman–Crippen MR) is 64.3 cm³/mol. The highest BCUT2D eigenvalue weighted by atomic mass is 16.5. The fourth-order valence-electron chi connectivity index (χ4n) is 1.88. The maximum absolute atomic E-state index is 11.3. The molecule has 0 aromatic carbocycles. The van der Waals surface area contributed by atoms with Crippen LogP contribution in [0.1, 0.15) is 33.1 Å². The Kier molecular flexibility index (Phi) is 6.42. The van der Waals surface area contributed by atoms with Gasteiger partial charge in [0.05, 0.1) is 6.10 Å². The molecule has 1 heterocycles. The summed E-state index contributed by atoms with van der Waals surface area (Å²) in [6.45, 7) is 7.07. The molecule has 0 spiro atoms. The van der Waals surface area contributed by atoms with Gasteiger partial charge in [-0.3, -0.25) is 4.79 Å². The van der Waals surface area contributed by atoms with Gasteiger partial charge >= 0.3 is 0 Å². The zero-order chi connectivity index (χ0) is 11.8. The quantitative estimate of drug-likeness (QED) is 0.710. The molecule has 1 amide bonds.